The third-order valence-corrected chi connectivity index (χ3v) is 14.0. The number of rotatable bonds is 2. The van der Waals surface area contributed by atoms with Gasteiger partial charge >= 0.3 is 17.9 Å². The predicted molar refractivity (Wildman–Crippen MR) is 151 cm³/mol. The number of hydrogen-bond donors (Lipinski definition) is 4. The van der Waals surface area contributed by atoms with Gasteiger partial charge in [0.25, 0.3) is 0 Å². The molecule has 7 rings (SSSR count). The van der Waals surface area contributed by atoms with Crippen LogP contribution in [0, 0.1) is 57.7 Å². The summed E-state index contributed by atoms with van der Waals surface area (Å²) < 4.78 is 23.5. The number of hydrogen-bond acceptors (Lipinski definition) is 12. The first-order valence-electron chi connectivity index (χ1n) is 16.0. The van der Waals surface area contributed by atoms with E-state index in [0.29, 0.717) is 0 Å². The van der Waals surface area contributed by atoms with Crippen LogP contribution in [0.5, 0.6) is 0 Å². The Hall–Kier alpha value is -2.38. The molecule has 2 saturated heterocycles. The van der Waals surface area contributed by atoms with Gasteiger partial charge in [-0.3, -0.25) is 14.4 Å². The van der Waals surface area contributed by atoms with Crippen molar-refractivity contribution in [2.45, 2.75) is 110 Å². The highest BCUT2D eigenvalue weighted by Crippen LogP contribution is 2.76. The lowest BCUT2D eigenvalue weighted by Crippen LogP contribution is -2.78. The van der Waals surface area contributed by atoms with Crippen LogP contribution >= 0.6 is 0 Å². The Kier molecular flexibility index (Phi) is 6.21. The highest BCUT2D eigenvalue weighted by Gasteiger charge is 2.84. The van der Waals surface area contributed by atoms with Gasteiger partial charge in [-0.05, 0) is 43.6 Å². The molecule has 0 bridgehead atoms. The first kappa shape index (κ1) is 31.2. The quantitative estimate of drug-likeness (QED) is 0.189. The molecule has 0 radical (unpaired) electrons. The Balaban J connectivity index is 1.47. The van der Waals surface area contributed by atoms with E-state index in [1.165, 1.54) is 20.8 Å². The number of esters is 3. The summed E-state index contributed by atoms with van der Waals surface area (Å²) in [5.74, 6) is -7.62. The fourth-order valence-corrected chi connectivity index (χ4v) is 12.1. The minimum atomic E-state index is -2.05. The van der Waals surface area contributed by atoms with Gasteiger partial charge in [0.15, 0.2) is 11.4 Å². The van der Waals surface area contributed by atoms with Crippen molar-refractivity contribution in [3.05, 3.63) is 11.8 Å². The van der Waals surface area contributed by atoms with E-state index in [1.54, 1.807) is 19.9 Å². The molecule has 4 N–H and O–H groups in total. The van der Waals surface area contributed by atoms with Gasteiger partial charge < -0.3 is 39.4 Å². The molecule has 7 aliphatic rings. The largest absolute Gasteiger partial charge is 0.462 e. The average Bonchev–Trinajstić information content (AvgIpc) is 3.61. The van der Waals surface area contributed by atoms with Crippen LogP contribution in [0.2, 0.25) is 0 Å². The van der Waals surface area contributed by atoms with E-state index in [2.05, 4.69) is 0 Å². The van der Waals surface area contributed by atoms with Crippen molar-refractivity contribution >= 4 is 23.7 Å². The number of ketones is 1. The second-order valence-corrected chi connectivity index (χ2v) is 15.8. The van der Waals surface area contributed by atoms with Crippen molar-refractivity contribution in [3.8, 4) is 0 Å². The molecule has 248 valence electrons. The highest BCUT2D eigenvalue weighted by atomic mass is 16.6. The molecule has 6 fully saturated rings. The van der Waals surface area contributed by atoms with Gasteiger partial charge in [-0.1, -0.05) is 27.7 Å². The summed E-state index contributed by atoms with van der Waals surface area (Å²) in [7, 11) is 0. The van der Waals surface area contributed by atoms with Gasteiger partial charge in [-0.15, -0.1) is 0 Å². The number of allylic oxidation sites excluding steroid dienone is 1. The van der Waals surface area contributed by atoms with Gasteiger partial charge in [0.2, 0.25) is 0 Å². The van der Waals surface area contributed by atoms with E-state index in [-0.39, 0.29) is 18.1 Å². The topological polar surface area (TPSA) is 189 Å². The summed E-state index contributed by atoms with van der Waals surface area (Å²) in [6.45, 7) is 12.9. The van der Waals surface area contributed by atoms with Crippen molar-refractivity contribution in [2.75, 3.05) is 0 Å². The molecule has 5 aliphatic carbocycles. The molecule has 0 amide bonds. The molecule has 18 atom stereocenters. The van der Waals surface area contributed by atoms with E-state index < -0.39 is 123 Å². The van der Waals surface area contributed by atoms with E-state index in [9.17, 15) is 39.6 Å². The van der Waals surface area contributed by atoms with Gasteiger partial charge in [-0.2, -0.15) is 0 Å². The summed E-state index contributed by atoms with van der Waals surface area (Å²) in [4.78, 5) is 52.9. The Labute approximate surface area is 261 Å². The number of epoxide rings is 1. The lowest BCUT2D eigenvalue weighted by Gasteiger charge is -2.67. The first-order chi connectivity index (χ1) is 20.7. The maximum absolute atomic E-state index is 14.6. The third kappa shape index (κ3) is 3.30. The Bertz CT molecular complexity index is 1440. The zero-order chi connectivity index (χ0) is 33.1. The van der Waals surface area contributed by atoms with Crippen LogP contribution in [0.4, 0.5) is 0 Å². The molecule has 12 nitrogen and oxygen atoms in total. The smallest absolute Gasteiger partial charge is 0.343 e. The van der Waals surface area contributed by atoms with Gasteiger partial charge in [0.1, 0.15) is 35.8 Å². The molecular formula is C33H44O12. The molecular weight excluding hydrogens is 588 g/mol. The molecule has 2 heterocycles. The molecule has 0 aromatic carbocycles. The summed E-state index contributed by atoms with van der Waals surface area (Å²) in [6.07, 6.45) is -4.53. The maximum atomic E-state index is 14.6. The normalized spacial score (nSPS) is 58.8. The van der Waals surface area contributed by atoms with E-state index in [0.717, 1.165) is 0 Å². The van der Waals surface area contributed by atoms with Crippen LogP contribution in [0.15, 0.2) is 11.8 Å². The summed E-state index contributed by atoms with van der Waals surface area (Å²) in [5, 5.41) is 48.4. The van der Waals surface area contributed by atoms with Crippen LogP contribution in [-0.2, 0) is 38.1 Å². The SMILES string of the molecule is CC(=O)O[C@H]1[C@@H](C)[C@H]2[C@@H](C(=O)[C@H](O)[C@@]3(O)C[C@@H]4O[C@@H]4[C@H](OC(C)=O)[C@]23C)[C@@H]2[C@@H](O)[C@@H]3[C@H]([C@H](C)C=C4OC(=O)[C@@](C)(O)[C@@]43C)[C@]21C. The monoisotopic (exact) mass is 632 g/mol. The van der Waals surface area contributed by atoms with Crippen LogP contribution < -0.4 is 0 Å². The predicted octanol–water partition coefficient (Wildman–Crippen LogP) is 0.661. The molecule has 0 aromatic heterocycles. The number of Topliss-reactive ketones (excluding diaryl/α,β-unsaturated/α-hetero) is 1. The zero-order valence-corrected chi connectivity index (χ0v) is 26.8. The van der Waals surface area contributed by atoms with Gasteiger partial charge in [0.05, 0.1) is 17.6 Å². The zero-order valence-electron chi connectivity index (χ0n) is 26.8. The van der Waals surface area contributed by atoms with Crippen molar-refractivity contribution in [1.82, 2.24) is 0 Å². The van der Waals surface area contributed by atoms with E-state index >= 15 is 0 Å². The number of aliphatic hydroxyl groups excluding tert-OH is 2. The Morgan fingerprint density at radius 3 is 2.11 bits per heavy atom. The third-order valence-electron chi connectivity index (χ3n) is 14.0. The molecule has 0 unspecified atom stereocenters. The fraction of sp³-hybridized carbons (Fsp3) is 0.818. The van der Waals surface area contributed by atoms with E-state index in [1.807, 2.05) is 20.8 Å². The minimum Gasteiger partial charge on any atom is -0.462 e. The standard InChI is InChI=1S/C33H44O12/c1-11-9-16-30(6,32(8,40)28(39)45-16)21-18(11)29(5)20(23(21)37)17-19(12(2)26(29)42-13(3)34)31(7)27(43-14(4)35)24-15(44-24)10-33(31,41)25(38)22(17)36/h9,11-12,15,17-21,23-27,37-38,40-41H,10H2,1-8H3/t11-,12+,15+,17-,18+,19+,20-,21+,23-,24+,25+,26+,27+,29-,30+,31+,32-,33+/m1/s1. The molecule has 0 aromatic rings. The Morgan fingerprint density at radius 2 is 1.51 bits per heavy atom. The van der Waals surface area contributed by atoms with Gasteiger partial charge in [-0.25, -0.2) is 4.79 Å². The number of fused-ring (bicyclic) bond motifs is 10. The van der Waals surface area contributed by atoms with Crippen molar-refractivity contribution in [1.29, 1.82) is 0 Å². The minimum absolute atomic E-state index is 0.0621. The number of ether oxygens (including phenoxy) is 4. The van der Waals surface area contributed by atoms with Crippen molar-refractivity contribution in [3.63, 3.8) is 0 Å². The molecule has 4 saturated carbocycles. The fourth-order valence-electron chi connectivity index (χ4n) is 12.1. The first-order valence-corrected chi connectivity index (χ1v) is 16.0. The Morgan fingerprint density at radius 1 is 0.911 bits per heavy atom. The van der Waals surface area contributed by atoms with Crippen LogP contribution in [0.3, 0.4) is 0 Å². The number of carbonyl (C=O) groups excluding carboxylic acids is 4. The van der Waals surface area contributed by atoms with Crippen LogP contribution in [0.1, 0.15) is 61.8 Å². The van der Waals surface area contributed by atoms with Crippen LogP contribution in [-0.4, -0.2) is 91.9 Å². The van der Waals surface area contributed by atoms with Gasteiger partial charge in [0, 0.05) is 48.9 Å². The summed E-state index contributed by atoms with van der Waals surface area (Å²) in [6, 6.07) is 0. The second-order valence-electron chi connectivity index (χ2n) is 15.8. The van der Waals surface area contributed by atoms with Crippen LogP contribution in [0.25, 0.3) is 0 Å². The molecule has 2 aliphatic heterocycles. The van der Waals surface area contributed by atoms with Crippen molar-refractivity contribution < 1.29 is 58.6 Å². The maximum Gasteiger partial charge on any atom is 0.343 e. The summed E-state index contributed by atoms with van der Waals surface area (Å²) >= 11 is 0. The van der Waals surface area contributed by atoms with E-state index in [4.69, 9.17) is 18.9 Å². The lowest BCUT2D eigenvalue weighted by atomic mass is 9.38. The number of carbonyl (C=O) groups is 4. The molecule has 12 heteroatoms. The highest BCUT2D eigenvalue weighted by molar-refractivity contribution is 5.90. The molecule has 0 spiro atoms. The lowest BCUT2D eigenvalue weighted by molar-refractivity contribution is -0.289. The average molecular weight is 633 g/mol. The second kappa shape index (κ2) is 8.94. The molecule has 45 heavy (non-hydrogen) atoms. The summed E-state index contributed by atoms with van der Waals surface area (Å²) in [5.41, 5.74) is -8.02. The number of aliphatic hydroxyl groups is 4. The van der Waals surface area contributed by atoms with Crippen molar-refractivity contribution in [2.24, 2.45) is 57.7 Å².